The third-order valence-corrected chi connectivity index (χ3v) is 5.88. The van der Waals surface area contributed by atoms with E-state index in [1.165, 1.54) is 24.6 Å². The number of carbonyl (C=O) groups is 1. The number of nitrogens with zero attached hydrogens (tertiary/aromatic N) is 3. The SMILES string of the molecule is CN(C(=O)CSc1nccn1C1CC1)C(c1ccccc1)c1ccccc1. The fourth-order valence-corrected chi connectivity index (χ4v) is 4.27. The fourth-order valence-electron chi connectivity index (χ4n) is 3.32. The molecule has 27 heavy (non-hydrogen) atoms. The number of aromatic nitrogens is 2. The Bertz CT molecular complexity index is 851. The summed E-state index contributed by atoms with van der Waals surface area (Å²) in [6, 6.07) is 20.9. The van der Waals surface area contributed by atoms with Gasteiger partial charge in [0.25, 0.3) is 0 Å². The third-order valence-electron chi connectivity index (χ3n) is 4.91. The highest BCUT2D eigenvalue weighted by atomic mass is 32.2. The van der Waals surface area contributed by atoms with E-state index in [0.717, 1.165) is 16.3 Å². The Balaban J connectivity index is 1.51. The zero-order valence-corrected chi connectivity index (χ0v) is 16.2. The Morgan fingerprint density at radius 1 is 1.11 bits per heavy atom. The minimum Gasteiger partial charge on any atom is -0.334 e. The standard InChI is InChI=1S/C22H23N3OS/c1-24(20(26)16-27-22-23-14-15-25(22)19-12-13-19)21(17-8-4-2-5-9-17)18-10-6-3-7-11-18/h2-11,14-15,19,21H,12-13,16H2,1H3. The molecule has 0 atom stereocenters. The average molecular weight is 378 g/mol. The Morgan fingerprint density at radius 3 is 2.26 bits per heavy atom. The molecule has 4 nitrogen and oxygen atoms in total. The lowest BCUT2D eigenvalue weighted by molar-refractivity contribution is -0.128. The summed E-state index contributed by atoms with van der Waals surface area (Å²) in [5.74, 6) is 0.485. The minimum absolute atomic E-state index is 0.0938. The van der Waals surface area contributed by atoms with Gasteiger partial charge in [-0.25, -0.2) is 4.98 Å². The molecule has 1 amide bonds. The van der Waals surface area contributed by atoms with Crippen LogP contribution in [0.25, 0.3) is 0 Å². The van der Waals surface area contributed by atoms with Crippen molar-refractivity contribution in [1.82, 2.24) is 14.5 Å². The summed E-state index contributed by atoms with van der Waals surface area (Å²) in [5, 5.41) is 0.940. The highest BCUT2D eigenvalue weighted by Crippen LogP contribution is 2.37. The molecule has 1 fully saturated rings. The predicted octanol–water partition coefficient (Wildman–Crippen LogP) is 4.56. The van der Waals surface area contributed by atoms with Gasteiger partial charge >= 0.3 is 0 Å². The van der Waals surface area contributed by atoms with E-state index in [-0.39, 0.29) is 11.9 Å². The molecular weight excluding hydrogens is 354 g/mol. The van der Waals surface area contributed by atoms with Gasteiger partial charge in [-0.15, -0.1) is 0 Å². The molecule has 1 saturated carbocycles. The maximum Gasteiger partial charge on any atom is 0.233 e. The third kappa shape index (κ3) is 4.08. The normalized spacial score (nSPS) is 13.7. The van der Waals surface area contributed by atoms with E-state index in [4.69, 9.17) is 0 Å². The molecule has 4 rings (SSSR count). The van der Waals surface area contributed by atoms with Crippen LogP contribution in [0.5, 0.6) is 0 Å². The number of carbonyl (C=O) groups excluding carboxylic acids is 1. The van der Waals surface area contributed by atoms with Crippen LogP contribution in [0, 0.1) is 0 Å². The van der Waals surface area contributed by atoms with Crippen molar-refractivity contribution in [3.05, 3.63) is 84.2 Å². The molecule has 1 heterocycles. The molecule has 0 spiro atoms. The van der Waals surface area contributed by atoms with Gasteiger partial charge in [0.15, 0.2) is 5.16 Å². The number of amides is 1. The number of benzene rings is 2. The lowest BCUT2D eigenvalue weighted by atomic mass is 9.97. The highest BCUT2D eigenvalue weighted by Gasteiger charge is 2.27. The van der Waals surface area contributed by atoms with Gasteiger partial charge in [-0.3, -0.25) is 4.79 Å². The van der Waals surface area contributed by atoms with E-state index in [1.54, 1.807) is 0 Å². The van der Waals surface area contributed by atoms with Gasteiger partial charge in [0.1, 0.15) is 0 Å². The molecule has 0 aliphatic heterocycles. The summed E-state index contributed by atoms with van der Waals surface area (Å²) in [6.07, 6.45) is 6.26. The van der Waals surface area contributed by atoms with Gasteiger partial charge in [-0.2, -0.15) is 0 Å². The summed E-state index contributed by atoms with van der Waals surface area (Å²) in [4.78, 5) is 19.3. The molecular formula is C22H23N3OS. The van der Waals surface area contributed by atoms with E-state index < -0.39 is 0 Å². The first-order chi connectivity index (χ1) is 13.2. The van der Waals surface area contributed by atoms with Crippen molar-refractivity contribution in [3.8, 4) is 0 Å². The van der Waals surface area contributed by atoms with Crippen LogP contribution in [0.3, 0.4) is 0 Å². The molecule has 0 saturated heterocycles. The quantitative estimate of drug-likeness (QED) is 0.567. The smallest absolute Gasteiger partial charge is 0.233 e. The molecule has 1 aliphatic rings. The number of hydrogen-bond donors (Lipinski definition) is 0. The first-order valence-corrected chi connectivity index (χ1v) is 10.2. The second-order valence-electron chi connectivity index (χ2n) is 6.87. The Labute approximate surface area is 164 Å². The van der Waals surface area contributed by atoms with E-state index in [0.29, 0.717) is 11.8 Å². The number of imidazole rings is 1. The summed E-state index contributed by atoms with van der Waals surface area (Å²) >= 11 is 1.53. The van der Waals surface area contributed by atoms with Crippen LogP contribution in [-0.2, 0) is 4.79 Å². The van der Waals surface area contributed by atoms with Gasteiger partial charge in [0.05, 0.1) is 11.8 Å². The maximum absolute atomic E-state index is 13.0. The van der Waals surface area contributed by atoms with Gasteiger partial charge in [0, 0.05) is 25.5 Å². The van der Waals surface area contributed by atoms with E-state index in [9.17, 15) is 4.79 Å². The zero-order chi connectivity index (χ0) is 18.6. The van der Waals surface area contributed by atoms with Gasteiger partial charge in [-0.1, -0.05) is 72.4 Å². The molecule has 0 bridgehead atoms. The monoisotopic (exact) mass is 377 g/mol. The molecule has 0 N–H and O–H groups in total. The van der Waals surface area contributed by atoms with Crippen LogP contribution in [0.1, 0.15) is 36.1 Å². The van der Waals surface area contributed by atoms with Crippen LogP contribution in [0.15, 0.2) is 78.2 Å². The summed E-state index contributed by atoms with van der Waals surface area (Å²) < 4.78 is 2.20. The fraction of sp³-hybridized carbons (Fsp3) is 0.273. The first kappa shape index (κ1) is 17.9. The molecule has 0 unspecified atom stereocenters. The molecule has 1 aliphatic carbocycles. The van der Waals surface area contributed by atoms with Crippen LogP contribution >= 0.6 is 11.8 Å². The number of thioether (sulfide) groups is 1. The molecule has 0 radical (unpaired) electrons. The minimum atomic E-state index is -0.0938. The first-order valence-electron chi connectivity index (χ1n) is 9.25. The maximum atomic E-state index is 13.0. The number of rotatable bonds is 7. The summed E-state index contributed by atoms with van der Waals surface area (Å²) in [6.45, 7) is 0. The van der Waals surface area contributed by atoms with E-state index in [1.807, 2.05) is 60.7 Å². The van der Waals surface area contributed by atoms with Crippen LogP contribution in [0.4, 0.5) is 0 Å². The Kier molecular flexibility index (Phi) is 5.30. The van der Waals surface area contributed by atoms with Crippen molar-refractivity contribution in [1.29, 1.82) is 0 Å². The largest absolute Gasteiger partial charge is 0.334 e. The Hall–Kier alpha value is -2.53. The predicted molar refractivity (Wildman–Crippen MR) is 109 cm³/mol. The van der Waals surface area contributed by atoms with E-state index in [2.05, 4.69) is 33.8 Å². The highest BCUT2D eigenvalue weighted by molar-refractivity contribution is 7.99. The van der Waals surface area contributed by atoms with Gasteiger partial charge in [-0.05, 0) is 24.0 Å². The zero-order valence-electron chi connectivity index (χ0n) is 15.4. The van der Waals surface area contributed by atoms with Crippen molar-refractivity contribution in [3.63, 3.8) is 0 Å². The summed E-state index contributed by atoms with van der Waals surface area (Å²) in [7, 11) is 1.89. The van der Waals surface area contributed by atoms with Crippen LogP contribution in [-0.4, -0.2) is 33.2 Å². The topological polar surface area (TPSA) is 38.1 Å². The van der Waals surface area contributed by atoms with Crippen LogP contribution in [0.2, 0.25) is 0 Å². The van der Waals surface area contributed by atoms with Crippen molar-refractivity contribution in [2.24, 2.45) is 0 Å². The van der Waals surface area contributed by atoms with Gasteiger partial charge in [0.2, 0.25) is 5.91 Å². The molecule has 1 aromatic heterocycles. The molecule has 2 aromatic carbocycles. The van der Waals surface area contributed by atoms with E-state index >= 15 is 0 Å². The van der Waals surface area contributed by atoms with Crippen molar-refractivity contribution < 1.29 is 4.79 Å². The van der Waals surface area contributed by atoms with Crippen LogP contribution < -0.4 is 0 Å². The van der Waals surface area contributed by atoms with Crippen molar-refractivity contribution >= 4 is 17.7 Å². The molecule has 5 heteroatoms. The Morgan fingerprint density at radius 2 is 1.70 bits per heavy atom. The second-order valence-corrected chi connectivity index (χ2v) is 7.81. The lowest BCUT2D eigenvalue weighted by Crippen LogP contribution is -2.33. The molecule has 3 aromatic rings. The second kappa shape index (κ2) is 8.01. The van der Waals surface area contributed by atoms with Crippen molar-refractivity contribution in [2.45, 2.75) is 30.1 Å². The molecule has 138 valence electrons. The van der Waals surface area contributed by atoms with Crippen molar-refractivity contribution in [2.75, 3.05) is 12.8 Å². The number of hydrogen-bond acceptors (Lipinski definition) is 3. The summed E-state index contributed by atoms with van der Waals surface area (Å²) in [5.41, 5.74) is 2.23. The lowest BCUT2D eigenvalue weighted by Gasteiger charge is -2.29. The van der Waals surface area contributed by atoms with Gasteiger partial charge < -0.3 is 9.47 Å². The average Bonchev–Trinajstić information content (AvgIpc) is 3.45.